The van der Waals surface area contributed by atoms with Crippen molar-refractivity contribution in [3.8, 4) is 17.0 Å². The lowest BCUT2D eigenvalue weighted by Gasteiger charge is -2.04. The van der Waals surface area contributed by atoms with Gasteiger partial charge in [0.15, 0.2) is 5.82 Å². The number of carbonyl (C=O) groups is 2. The molecule has 0 aliphatic carbocycles. The molecule has 0 fully saturated rings. The molecule has 4 aromatic rings. The number of pyridine rings is 1. The Morgan fingerprint density at radius 2 is 1.83 bits per heavy atom. The minimum atomic E-state index is -1.19. The number of hydrogen-bond donors (Lipinski definition) is 2. The van der Waals surface area contributed by atoms with Crippen molar-refractivity contribution < 1.29 is 19.4 Å². The van der Waals surface area contributed by atoms with Crippen molar-refractivity contribution in [2.75, 3.05) is 12.8 Å². The molecule has 0 aliphatic rings. The first-order valence-corrected chi connectivity index (χ1v) is 8.78. The van der Waals surface area contributed by atoms with Gasteiger partial charge in [0.25, 0.3) is 0 Å². The summed E-state index contributed by atoms with van der Waals surface area (Å²) in [5, 5.41) is 9.29. The highest BCUT2D eigenvalue weighted by molar-refractivity contribution is 6.09. The van der Waals surface area contributed by atoms with Gasteiger partial charge in [-0.05, 0) is 54.6 Å². The van der Waals surface area contributed by atoms with Crippen molar-refractivity contribution in [1.82, 2.24) is 9.38 Å². The van der Waals surface area contributed by atoms with E-state index in [-0.39, 0.29) is 22.6 Å². The standard InChI is InChI=1S/C22H17N3O4/c1-29-15-8-5-13(6-9-15)19-18-4-2-3-11-25(18)21(24-19)20(26)14-7-10-17(23)16(12-14)22(27)28/h2-12H,23H2,1H3,(H,27,28). The first-order chi connectivity index (χ1) is 14.0. The third kappa shape index (κ3) is 3.19. The fraction of sp³-hybridized carbons (Fsp3) is 0.0455. The summed E-state index contributed by atoms with van der Waals surface area (Å²) in [7, 11) is 1.59. The molecule has 3 N–H and O–H groups in total. The molecule has 0 aliphatic heterocycles. The number of carboxylic acid groups (broad SMARTS) is 1. The molecular formula is C22H17N3O4. The van der Waals surface area contributed by atoms with Gasteiger partial charge in [-0.15, -0.1) is 0 Å². The lowest BCUT2D eigenvalue weighted by molar-refractivity contribution is 0.0698. The third-order valence-corrected chi connectivity index (χ3v) is 4.66. The SMILES string of the molecule is COc1ccc(-c2nc(C(=O)c3ccc(N)c(C(=O)O)c3)n3ccccc23)cc1. The van der Waals surface area contributed by atoms with Crippen LogP contribution in [0.25, 0.3) is 16.8 Å². The summed E-state index contributed by atoms with van der Waals surface area (Å²) in [5.41, 5.74) is 8.12. The summed E-state index contributed by atoms with van der Waals surface area (Å²) in [6, 6.07) is 17.1. The lowest BCUT2D eigenvalue weighted by Crippen LogP contribution is -2.10. The zero-order chi connectivity index (χ0) is 20.5. The first kappa shape index (κ1) is 18.2. The molecule has 0 radical (unpaired) electrons. The van der Waals surface area contributed by atoms with Crippen LogP contribution in [0.4, 0.5) is 5.69 Å². The van der Waals surface area contributed by atoms with Crippen LogP contribution < -0.4 is 10.5 Å². The number of fused-ring (bicyclic) bond motifs is 1. The van der Waals surface area contributed by atoms with E-state index in [0.29, 0.717) is 5.69 Å². The number of benzene rings is 2. The van der Waals surface area contributed by atoms with E-state index in [1.54, 1.807) is 23.8 Å². The highest BCUT2D eigenvalue weighted by Gasteiger charge is 2.21. The number of aromatic nitrogens is 2. The minimum Gasteiger partial charge on any atom is -0.497 e. The van der Waals surface area contributed by atoms with Crippen molar-refractivity contribution in [1.29, 1.82) is 0 Å². The fourth-order valence-corrected chi connectivity index (χ4v) is 3.17. The summed E-state index contributed by atoms with van der Waals surface area (Å²) < 4.78 is 6.89. The molecule has 0 bridgehead atoms. The maximum atomic E-state index is 13.2. The van der Waals surface area contributed by atoms with E-state index in [9.17, 15) is 14.7 Å². The Kier molecular flexibility index (Phi) is 4.48. The second-order valence-electron chi connectivity index (χ2n) is 6.40. The maximum absolute atomic E-state index is 13.2. The summed E-state index contributed by atoms with van der Waals surface area (Å²) in [4.78, 5) is 29.1. The Bertz CT molecular complexity index is 1240. The van der Waals surface area contributed by atoms with Gasteiger partial charge in [0.05, 0.1) is 23.9 Å². The molecule has 0 unspecified atom stereocenters. The number of hydrogen-bond acceptors (Lipinski definition) is 5. The van der Waals surface area contributed by atoms with E-state index < -0.39 is 11.8 Å². The molecule has 0 amide bonds. The predicted molar refractivity (Wildman–Crippen MR) is 108 cm³/mol. The Hall–Kier alpha value is -4.13. The van der Waals surface area contributed by atoms with Crippen LogP contribution in [-0.4, -0.2) is 33.4 Å². The second-order valence-corrected chi connectivity index (χ2v) is 6.40. The number of ether oxygens (including phenoxy) is 1. The van der Waals surface area contributed by atoms with Crippen molar-refractivity contribution in [3.05, 3.63) is 83.8 Å². The summed E-state index contributed by atoms with van der Waals surface area (Å²) >= 11 is 0. The smallest absolute Gasteiger partial charge is 0.337 e. The molecule has 0 spiro atoms. The quantitative estimate of drug-likeness (QED) is 0.401. The number of nitrogen functional groups attached to an aromatic ring is 1. The Morgan fingerprint density at radius 3 is 2.52 bits per heavy atom. The molecule has 0 saturated carbocycles. The number of nitrogens with two attached hydrogens (primary N) is 1. The zero-order valence-electron chi connectivity index (χ0n) is 15.5. The number of ketones is 1. The molecule has 7 heteroatoms. The summed E-state index contributed by atoms with van der Waals surface area (Å²) in [6.07, 6.45) is 1.75. The van der Waals surface area contributed by atoms with Crippen LogP contribution in [0.2, 0.25) is 0 Å². The van der Waals surface area contributed by atoms with Gasteiger partial charge in [-0.1, -0.05) is 6.07 Å². The van der Waals surface area contributed by atoms with Gasteiger partial charge in [-0.3, -0.25) is 9.20 Å². The summed E-state index contributed by atoms with van der Waals surface area (Å²) in [5.74, 6) is -0.679. The number of anilines is 1. The van der Waals surface area contributed by atoms with Crippen LogP contribution in [0.5, 0.6) is 5.75 Å². The zero-order valence-corrected chi connectivity index (χ0v) is 15.5. The monoisotopic (exact) mass is 387 g/mol. The number of imidazole rings is 1. The van der Waals surface area contributed by atoms with Gasteiger partial charge in [0, 0.05) is 23.0 Å². The molecule has 2 heterocycles. The van der Waals surface area contributed by atoms with Crippen LogP contribution in [0.3, 0.4) is 0 Å². The fourth-order valence-electron chi connectivity index (χ4n) is 3.17. The van der Waals surface area contributed by atoms with Crippen LogP contribution in [0, 0.1) is 0 Å². The highest BCUT2D eigenvalue weighted by Crippen LogP contribution is 2.28. The van der Waals surface area contributed by atoms with Crippen molar-refractivity contribution in [3.63, 3.8) is 0 Å². The van der Waals surface area contributed by atoms with E-state index in [4.69, 9.17) is 10.5 Å². The Balaban J connectivity index is 1.85. The summed E-state index contributed by atoms with van der Waals surface area (Å²) in [6.45, 7) is 0. The average Bonchev–Trinajstić information content (AvgIpc) is 3.13. The average molecular weight is 387 g/mol. The molecule has 29 heavy (non-hydrogen) atoms. The van der Waals surface area contributed by atoms with Gasteiger partial charge in [0.2, 0.25) is 5.78 Å². The Labute approximate surface area is 166 Å². The van der Waals surface area contributed by atoms with E-state index in [1.807, 2.05) is 36.4 Å². The van der Waals surface area contributed by atoms with Crippen molar-refractivity contribution >= 4 is 23.0 Å². The molecule has 0 saturated heterocycles. The molecular weight excluding hydrogens is 370 g/mol. The second kappa shape index (κ2) is 7.12. The molecule has 4 rings (SSSR count). The number of nitrogens with zero attached hydrogens (tertiary/aromatic N) is 2. The molecule has 0 atom stereocenters. The number of aromatic carboxylic acids is 1. The number of methoxy groups -OCH3 is 1. The van der Waals surface area contributed by atoms with Gasteiger partial charge >= 0.3 is 5.97 Å². The lowest BCUT2D eigenvalue weighted by atomic mass is 10.1. The largest absolute Gasteiger partial charge is 0.497 e. The number of carbonyl (C=O) groups excluding carboxylic acids is 1. The highest BCUT2D eigenvalue weighted by atomic mass is 16.5. The maximum Gasteiger partial charge on any atom is 0.337 e. The molecule has 2 aromatic carbocycles. The van der Waals surface area contributed by atoms with Gasteiger partial charge in [0.1, 0.15) is 5.75 Å². The van der Waals surface area contributed by atoms with E-state index in [2.05, 4.69) is 4.98 Å². The van der Waals surface area contributed by atoms with E-state index >= 15 is 0 Å². The van der Waals surface area contributed by atoms with Crippen LogP contribution in [-0.2, 0) is 0 Å². The third-order valence-electron chi connectivity index (χ3n) is 4.66. The topological polar surface area (TPSA) is 107 Å². The van der Waals surface area contributed by atoms with Gasteiger partial charge < -0.3 is 15.6 Å². The number of rotatable bonds is 5. The molecule has 2 aromatic heterocycles. The Morgan fingerprint density at radius 1 is 1.07 bits per heavy atom. The molecule has 144 valence electrons. The van der Waals surface area contributed by atoms with Crippen LogP contribution >= 0.6 is 0 Å². The number of carboxylic acids is 1. The van der Waals surface area contributed by atoms with E-state index in [0.717, 1.165) is 16.8 Å². The first-order valence-electron chi connectivity index (χ1n) is 8.78. The van der Waals surface area contributed by atoms with Gasteiger partial charge in [-0.2, -0.15) is 0 Å². The van der Waals surface area contributed by atoms with Crippen molar-refractivity contribution in [2.24, 2.45) is 0 Å². The molecule has 7 nitrogen and oxygen atoms in total. The predicted octanol–water partition coefficient (Wildman–Crippen LogP) is 3.52. The minimum absolute atomic E-state index is 0.0981. The van der Waals surface area contributed by atoms with Crippen LogP contribution in [0.15, 0.2) is 66.9 Å². The van der Waals surface area contributed by atoms with Crippen molar-refractivity contribution in [2.45, 2.75) is 0 Å². The van der Waals surface area contributed by atoms with Gasteiger partial charge in [-0.25, -0.2) is 9.78 Å². The van der Waals surface area contributed by atoms with E-state index in [1.165, 1.54) is 18.2 Å². The normalized spacial score (nSPS) is 10.8. The van der Waals surface area contributed by atoms with Crippen LogP contribution in [0.1, 0.15) is 26.5 Å².